The van der Waals surface area contributed by atoms with Crippen molar-refractivity contribution in [1.82, 2.24) is 19.5 Å². The SMILES string of the molecule is O=C(Cc1cccc2ccccc12)N1CCC[C@H]1c1nnc2ccccn12. The summed E-state index contributed by atoms with van der Waals surface area (Å²) in [6.45, 7) is 0.774. The third-order valence-electron chi connectivity index (χ3n) is 5.43. The Balaban J connectivity index is 1.45. The lowest BCUT2D eigenvalue weighted by Gasteiger charge is -2.24. The fourth-order valence-electron chi connectivity index (χ4n) is 4.13. The van der Waals surface area contributed by atoms with Gasteiger partial charge < -0.3 is 4.90 Å². The van der Waals surface area contributed by atoms with E-state index in [4.69, 9.17) is 0 Å². The van der Waals surface area contributed by atoms with Gasteiger partial charge in [-0.3, -0.25) is 9.20 Å². The molecule has 0 unspecified atom stereocenters. The maximum Gasteiger partial charge on any atom is 0.227 e. The summed E-state index contributed by atoms with van der Waals surface area (Å²) in [4.78, 5) is 15.1. The topological polar surface area (TPSA) is 50.5 Å². The number of pyridine rings is 1. The fourth-order valence-corrected chi connectivity index (χ4v) is 4.13. The Morgan fingerprint density at radius 1 is 1.00 bits per heavy atom. The molecule has 27 heavy (non-hydrogen) atoms. The van der Waals surface area contributed by atoms with Crippen LogP contribution in [0.5, 0.6) is 0 Å². The second-order valence-corrected chi connectivity index (χ2v) is 7.05. The van der Waals surface area contributed by atoms with Crippen molar-refractivity contribution in [2.24, 2.45) is 0 Å². The lowest BCUT2D eigenvalue weighted by atomic mass is 10.0. The molecule has 0 N–H and O–H groups in total. The van der Waals surface area contributed by atoms with E-state index in [2.05, 4.69) is 34.5 Å². The summed E-state index contributed by atoms with van der Waals surface area (Å²) < 4.78 is 1.99. The Hall–Kier alpha value is -3.21. The van der Waals surface area contributed by atoms with Crippen molar-refractivity contribution >= 4 is 22.3 Å². The van der Waals surface area contributed by atoms with Crippen LogP contribution in [0.15, 0.2) is 66.9 Å². The number of amides is 1. The molecule has 134 valence electrons. The number of aromatic nitrogens is 3. The molecule has 0 bridgehead atoms. The van der Waals surface area contributed by atoms with Crippen molar-refractivity contribution in [1.29, 1.82) is 0 Å². The molecule has 1 fully saturated rings. The maximum atomic E-state index is 13.2. The van der Waals surface area contributed by atoms with E-state index in [1.165, 1.54) is 5.39 Å². The average Bonchev–Trinajstić information content (AvgIpc) is 3.35. The third kappa shape index (κ3) is 2.76. The zero-order valence-corrected chi connectivity index (χ0v) is 15.0. The smallest absolute Gasteiger partial charge is 0.227 e. The summed E-state index contributed by atoms with van der Waals surface area (Å²) in [5.74, 6) is 1.01. The van der Waals surface area contributed by atoms with Crippen LogP contribution in [0.1, 0.15) is 30.3 Å². The zero-order chi connectivity index (χ0) is 18.2. The van der Waals surface area contributed by atoms with Gasteiger partial charge in [-0.15, -0.1) is 10.2 Å². The average molecular weight is 356 g/mol. The highest BCUT2D eigenvalue weighted by Gasteiger charge is 2.33. The first kappa shape index (κ1) is 16.0. The molecular weight excluding hydrogens is 336 g/mol. The lowest BCUT2D eigenvalue weighted by molar-refractivity contribution is -0.131. The van der Waals surface area contributed by atoms with Crippen LogP contribution in [0.3, 0.4) is 0 Å². The summed E-state index contributed by atoms with van der Waals surface area (Å²) in [5, 5.41) is 11.0. The zero-order valence-electron chi connectivity index (χ0n) is 15.0. The van der Waals surface area contributed by atoms with Crippen LogP contribution in [0.4, 0.5) is 0 Å². The summed E-state index contributed by atoms with van der Waals surface area (Å²) in [6, 6.07) is 20.2. The normalized spacial score (nSPS) is 17.0. The van der Waals surface area contributed by atoms with Gasteiger partial charge in [0, 0.05) is 12.7 Å². The van der Waals surface area contributed by atoms with E-state index in [0.29, 0.717) is 6.42 Å². The molecule has 1 aliphatic heterocycles. The van der Waals surface area contributed by atoms with Gasteiger partial charge in [0.15, 0.2) is 11.5 Å². The number of nitrogens with zero attached hydrogens (tertiary/aromatic N) is 4. The van der Waals surface area contributed by atoms with Gasteiger partial charge in [-0.05, 0) is 41.3 Å². The van der Waals surface area contributed by atoms with Gasteiger partial charge in [-0.1, -0.05) is 48.5 Å². The number of rotatable bonds is 3. The monoisotopic (exact) mass is 356 g/mol. The van der Waals surface area contributed by atoms with Gasteiger partial charge in [0.1, 0.15) is 0 Å². The quantitative estimate of drug-likeness (QED) is 0.561. The Bertz CT molecular complexity index is 1130. The standard InChI is InChI=1S/C22H20N4O/c27-21(15-17-9-5-8-16-7-1-2-10-18(16)17)25-14-6-11-19(25)22-24-23-20-12-3-4-13-26(20)22/h1-5,7-10,12-13,19H,6,11,14-15H2/t19-/m0/s1. The van der Waals surface area contributed by atoms with Crippen LogP contribution in [0.25, 0.3) is 16.4 Å². The summed E-state index contributed by atoms with van der Waals surface area (Å²) in [6.07, 6.45) is 4.30. The largest absolute Gasteiger partial charge is 0.332 e. The van der Waals surface area contributed by atoms with Gasteiger partial charge in [0.25, 0.3) is 0 Å². The fraction of sp³-hybridized carbons (Fsp3) is 0.227. The van der Waals surface area contributed by atoms with Crippen molar-refractivity contribution in [2.75, 3.05) is 6.54 Å². The Morgan fingerprint density at radius 3 is 2.81 bits per heavy atom. The van der Waals surface area contributed by atoms with Gasteiger partial charge in [0.05, 0.1) is 12.5 Å². The number of carbonyl (C=O) groups is 1. The van der Waals surface area contributed by atoms with Crippen LogP contribution in [0.2, 0.25) is 0 Å². The van der Waals surface area contributed by atoms with Crippen LogP contribution in [-0.2, 0) is 11.2 Å². The molecule has 1 amide bonds. The van der Waals surface area contributed by atoms with Crippen molar-refractivity contribution in [3.05, 3.63) is 78.2 Å². The van der Waals surface area contributed by atoms with Crippen LogP contribution in [0, 0.1) is 0 Å². The van der Waals surface area contributed by atoms with E-state index in [1.54, 1.807) is 0 Å². The lowest BCUT2D eigenvalue weighted by Crippen LogP contribution is -2.32. The minimum Gasteiger partial charge on any atom is -0.332 e. The molecule has 0 radical (unpaired) electrons. The predicted octanol–water partition coefficient (Wildman–Crippen LogP) is 3.79. The van der Waals surface area contributed by atoms with Crippen molar-refractivity contribution in [2.45, 2.75) is 25.3 Å². The van der Waals surface area contributed by atoms with E-state index in [-0.39, 0.29) is 11.9 Å². The molecule has 1 saturated heterocycles. The third-order valence-corrected chi connectivity index (χ3v) is 5.43. The summed E-state index contributed by atoms with van der Waals surface area (Å²) in [5.41, 5.74) is 1.90. The molecule has 5 heteroatoms. The molecule has 2 aromatic carbocycles. The Kier molecular flexibility index (Phi) is 3.85. The van der Waals surface area contributed by atoms with Gasteiger partial charge in [-0.2, -0.15) is 0 Å². The van der Waals surface area contributed by atoms with E-state index in [0.717, 1.165) is 41.8 Å². The van der Waals surface area contributed by atoms with Crippen LogP contribution >= 0.6 is 0 Å². The van der Waals surface area contributed by atoms with E-state index < -0.39 is 0 Å². The Morgan fingerprint density at radius 2 is 1.85 bits per heavy atom. The molecule has 1 atom stereocenters. The van der Waals surface area contributed by atoms with E-state index in [1.807, 2.05) is 51.9 Å². The number of hydrogen-bond acceptors (Lipinski definition) is 3. The number of benzene rings is 2. The summed E-state index contributed by atoms with van der Waals surface area (Å²) >= 11 is 0. The minimum atomic E-state index is -0.00937. The molecule has 1 aliphatic rings. The Labute approximate surface area is 157 Å². The molecular formula is C22H20N4O. The maximum absolute atomic E-state index is 13.2. The molecule has 3 heterocycles. The highest BCUT2D eigenvalue weighted by molar-refractivity contribution is 5.90. The first-order chi connectivity index (χ1) is 13.3. The molecule has 2 aromatic heterocycles. The molecule has 4 aromatic rings. The first-order valence-corrected chi connectivity index (χ1v) is 9.37. The van der Waals surface area contributed by atoms with Gasteiger partial charge in [0.2, 0.25) is 5.91 Å². The number of fused-ring (bicyclic) bond motifs is 2. The molecule has 0 saturated carbocycles. The number of likely N-dealkylation sites (tertiary alicyclic amines) is 1. The summed E-state index contributed by atoms with van der Waals surface area (Å²) in [7, 11) is 0. The number of carbonyl (C=O) groups excluding carboxylic acids is 1. The molecule has 0 aliphatic carbocycles. The van der Waals surface area contributed by atoms with Gasteiger partial charge in [-0.25, -0.2) is 0 Å². The van der Waals surface area contributed by atoms with E-state index in [9.17, 15) is 4.79 Å². The second kappa shape index (κ2) is 6.50. The molecule has 5 rings (SSSR count). The highest BCUT2D eigenvalue weighted by Crippen LogP contribution is 2.32. The van der Waals surface area contributed by atoms with Crippen molar-refractivity contribution in [3.63, 3.8) is 0 Å². The van der Waals surface area contributed by atoms with Crippen LogP contribution in [-0.4, -0.2) is 31.9 Å². The molecule has 0 spiro atoms. The number of hydrogen-bond donors (Lipinski definition) is 0. The second-order valence-electron chi connectivity index (χ2n) is 7.05. The first-order valence-electron chi connectivity index (χ1n) is 9.37. The molecule has 5 nitrogen and oxygen atoms in total. The van der Waals surface area contributed by atoms with Crippen molar-refractivity contribution < 1.29 is 4.79 Å². The van der Waals surface area contributed by atoms with Gasteiger partial charge >= 0.3 is 0 Å². The van der Waals surface area contributed by atoms with Crippen LogP contribution < -0.4 is 0 Å². The van der Waals surface area contributed by atoms with Crippen molar-refractivity contribution in [3.8, 4) is 0 Å². The predicted molar refractivity (Wildman–Crippen MR) is 104 cm³/mol. The van der Waals surface area contributed by atoms with E-state index >= 15 is 0 Å². The minimum absolute atomic E-state index is 0.00937. The highest BCUT2D eigenvalue weighted by atomic mass is 16.2.